The van der Waals surface area contributed by atoms with Gasteiger partial charge in [0, 0.05) is 5.69 Å². The summed E-state index contributed by atoms with van der Waals surface area (Å²) in [7, 11) is 0. The molecule has 0 atom stereocenters. The molecule has 0 saturated heterocycles. The summed E-state index contributed by atoms with van der Waals surface area (Å²) in [6, 6.07) is 19.0. The van der Waals surface area contributed by atoms with E-state index in [4.69, 9.17) is 16.3 Å². The molecule has 33 heavy (non-hydrogen) atoms. The lowest BCUT2D eigenvalue weighted by Gasteiger charge is -2.17. The van der Waals surface area contributed by atoms with E-state index in [2.05, 4.69) is 5.32 Å². The molecule has 4 rings (SSSR count). The second-order valence-electron chi connectivity index (χ2n) is 7.78. The molecule has 0 saturated carbocycles. The second kappa shape index (κ2) is 8.92. The van der Waals surface area contributed by atoms with Crippen LogP contribution < -0.4 is 15.0 Å². The fourth-order valence-corrected chi connectivity index (χ4v) is 3.76. The van der Waals surface area contributed by atoms with Crippen LogP contribution in [0.3, 0.4) is 0 Å². The zero-order valence-electron chi connectivity index (χ0n) is 18.3. The van der Waals surface area contributed by atoms with Crippen molar-refractivity contribution in [1.82, 2.24) is 0 Å². The van der Waals surface area contributed by atoms with Gasteiger partial charge < -0.3 is 10.1 Å². The highest BCUT2D eigenvalue weighted by Gasteiger charge is 2.39. The molecule has 0 fully saturated rings. The van der Waals surface area contributed by atoms with Gasteiger partial charge in [-0.1, -0.05) is 47.5 Å². The molecular weight excluding hydrogens is 440 g/mol. The molecule has 2 amide bonds. The minimum atomic E-state index is -0.591. The normalized spacial score (nSPS) is 13.5. The zero-order chi connectivity index (χ0) is 23.7. The number of imide groups is 1. The van der Waals surface area contributed by atoms with Crippen LogP contribution in [0.5, 0.6) is 5.75 Å². The van der Waals surface area contributed by atoms with Gasteiger partial charge in [0.05, 0.1) is 11.3 Å². The maximum absolute atomic E-state index is 12.9. The smallest absolute Gasteiger partial charge is 0.343 e. The van der Waals surface area contributed by atoms with E-state index in [-0.39, 0.29) is 10.7 Å². The Morgan fingerprint density at radius 3 is 2.24 bits per heavy atom. The van der Waals surface area contributed by atoms with E-state index in [1.54, 1.807) is 42.5 Å². The van der Waals surface area contributed by atoms with E-state index in [9.17, 15) is 14.4 Å². The molecule has 0 bridgehead atoms. The third-order valence-corrected chi connectivity index (χ3v) is 5.66. The van der Waals surface area contributed by atoms with Crippen LogP contribution in [0.15, 0.2) is 77.5 Å². The number of benzene rings is 3. The number of aryl methyl sites for hydroxylation is 3. The summed E-state index contributed by atoms with van der Waals surface area (Å²) in [6.07, 6.45) is 0. The molecule has 6 nitrogen and oxygen atoms in total. The number of carbonyl (C=O) groups excluding carboxylic acids is 3. The van der Waals surface area contributed by atoms with Crippen molar-refractivity contribution < 1.29 is 19.1 Å². The summed E-state index contributed by atoms with van der Waals surface area (Å²) in [5.74, 6) is -1.13. The van der Waals surface area contributed by atoms with Gasteiger partial charge in [0.15, 0.2) is 0 Å². The van der Waals surface area contributed by atoms with E-state index in [0.29, 0.717) is 22.7 Å². The highest BCUT2D eigenvalue weighted by atomic mass is 35.5. The lowest BCUT2D eigenvalue weighted by atomic mass is 10.1. The monoisotopic (exact) mass is 460 g/mol. The molecule has 1 heterocycles. The van der Waals surface area contributed by atoms with E-state index >= 15 is 0 Å². The summed E-state index contributed by atoms with van der Waals surface area (Å²) < 4.78 is 5.49. The molecule has 0 aliphatic carbocycles. The first kappa shape index (κ1) is 22.3. The zero-order valence-corrected chi connectivity index (χ0v) is 19.1. The first-order valence-corrected chi connectivity index (χ1v) is 10.6. The number of esters is 1. The molecule has 166 valence electrons. The van der Waals surface area contributed by atoms with Crippen molar-refractivity contribution in [2.24, 2.45) is 0 Å². The van der Waals surface area contributed by atoms with Crippen LogP contribution in [0.25, 0.3) is 0 Å². The number of hydrogen-bond acceptors (Lipinski definition) is 5. The van der Waals surface area contributed by atoms with Crippen molar-refractivity contribution in [2.75, 3.05) is 10.2 Å². The van der Waals surface area contributed by atoms with Gasteiger partial charge in [-0.15, -0.1) is 0 Å². The average molecular weight is 461 g/mol. The molecule has 3 aromatic carbocycles. The summed E-state index contributed by atoms with van der Waals surface area (Å²) in [4.78, 5) is 39.2. The molecule has 0 aromatic heterocycles. The Kier molecular flexibility index (Phi) is 6.03. The first-order chi connectivity index (χ1) is 15.8. The van der Waals surface area contributed by atoms with Crippen molar-refractivity contribution in [1.29, 1.82) is 0 Å². The number of carbonyl (C=O) groups is 3. The van der Waals surface area contributed by atoms with Crippen molar-refractivity contribution in [2.45, 2.75) is 20.8 Å². The van der Waals surface area contributed by atoms with Crippen molar-refractivity contribution in [3.63, 3.8) is 0 Å². The highest BCUT2D eigenvalue weighted by molar-refractivity contribution is 6.53. The SMILES string of the molecule is Cc1ccc(OC(=O)c2ccc(NC3=C(Cl)C(=O)N(c4ccccc4C)C3=O)cc2)c(C)c1. The topological polar surface area (TPSA) is 75.7 Å². The Hall–Kier alpha value is -3.90. The largest absolute Gasteiger partial charge is 0.423 e. The summed E-state index contributed by atoms with van der Waals surface area (Å²) in [6.45, 7) is 5.65. The van der Waals surface area contributed by atoms with Gasteiger partial charge in [-0.25, -0.2) is 9.69 Å². The lowest BCUT2D eigenvalue weighted by molar-refractivity contribution is -0.120. The predicted octanol–water partition coefficient (Wildman–Crippen LogP) is 5.27. The fourth-order valence-electron chi connectivity index (χ4n) is 3.55. The molecule has 1 aliphatic heterocycles. The average Bonchev–Trinajstić information content (AvgIpc) is 3.00. The summed E-state index contributed by atoms with van der Waals surface area (Å²) >= 11 is 6.20. The highest BCUT2D eigenvalue weighted by Crippen LogP contribution is 2.32. The van der Waals surface area contributed by atoms with Crippen molar-refractivity contribution in [3.8, 4) is 5.75 Å². The lowest BCUT2D eigenvalue weighted by Crippen LogP contribution is -2.32. The van der Waals surface area contributed by atoms with Gasteiger partial charge in [0.25, 0.3) is 11.8 Å². The van der Waals surface area contributed by atoms with Gasteiger partial charge in [0.1, 0.15) is 16.5 Å². The standard InChI is InChI=1S/C26H21ClN2O4/c1-15-8-13-21(17(3)14-15)33-26(32)18-9-11-19(12-10-18)28-23-22(27)24(30)29(25(23)31)20-7-5-4-6-16(20)2/h4-14,28H,1-3H3. The third-order valence-electron chi connectivity index (χ3n) is 5.31. The molecule has 3 aromatic rings. The number of rotatable bonds is 5. The molecular formula is C26H21ClN2O4. The van der Waals surface area contributed by atoms with E-state index in [1.165, 1.54) is 0 Å². The van der Waals surface area contributed by atoms with Crippen LogP contribution in [0.2, 0.25) is 0 Å². The van der Waals surface area contributed by atoms with Crippen LogP contribution in [0.1, 0.15) is 27.0 Å². The maximum Gasteiger partial charge on any atom is 0.343 e. The van der Waals surface area contributed by atoms with Crippen LogP contribution in [0.4, 0.5) is 11.4 Å². The molecule has 0 unspecified atom stereocenters. The van der Waals surface area contributed by atoms with Crippen molar-refractivity contribution >= 4 is 40.8 Å². The quantitative estimate of drug-likeness (QED) is 0.319. The Labute approximate surface area is 196 Å². The Morgan fingerprint density at radius 1 is 0.879 bits per heavy atom. The van der Waals surface area contributed by atoms with Gasteiger partial charge in [-0.3, -0.25) is 9.59 Å². The van der Waals surface area contributed by atoms with E-state index < -0.39 is 17.8 Å². The van der Waals surface area contributed by atoms with Gasteiger partial charge in [0.2, 0.25) is 0 Å². The molecule has 0 spiro atoms. The van der Waals surface area contributed by atoms with Crippen LogP contribution in [0, 0.1) is 20.8 Å². The number of ether oxygens (including phenoxy) is 1. The molecule has 1 N–H and O–H groups in total. The Morgan fingerprint density at radius 2 is 1.58 bits per heavy atom. The van der Waals surface area contributed by atoms with Gasteiger partial charge >= 0.3 is 5.97 Å². The summed E-state index contributed by atoms with van der Waals surface area (Å²) in [5, 5.41) is 2.71. The molecule has 7 heteroatoms. The van der Waals surface area contributed by atoms with Crippen LogP contribution in [-0.2, 0) is 9.59 Å². The van der Waals surface area contributed by atoms with E-state index in [1.807, 2.05) is 45.0 Å². The number of nitrogens with one attached hydrogen (secondary N) is 1. The van der Waals surface area contributed by atoms with Crippen LogP contribution in [-0.4, -0.2) is 17.8 Å². The summed E-state index contributed by atoms with van der Waals surface area (Å²) in [5.41, 5.74) is 4.02. The Balaban J connectivity index is 1.49. The number of nitrogens with zero attached hydrogens (tertiary/aromatic N) is 1. The molecule has 0 radical (unpaired) electrons. The first-order valence-electron chi connectivity index (χ1n) is 10.3. The number of para-hydroxylation sites is 1. The predicted molar refractivity (Wildman–Crippen MR) is 127 cm³/mol. The van der Waals surface area contributed by atoms with Crippen molar-refractivity contribution in [3.05, 3.63) is 99.7 Å². The minimum Gasteiger partial charge on any atom is -0.423 e. The van der Waals surface area contributed by atoms with E-state index in [0.717, 1.165) is 21.6 Å². The van der Waals surface area contributed by atoms with Crippen LogP contribution >= 0.6 is 11.6 Å². The van der Waals surface area contributed by atoms with Gasteiger partial charge in [-0.05, 0) is 68.3 Å². The number of amides is 2. The fraction of sp³-hybridized carbons (Fsp3) is 0.115. The number of anilines is 2. The van der Waals surface area contributed by atoms with Gasteiger partial charge in [-0.2, -0.15) is 0 Å². The minimum absolute atomic E-state index is 0.0180. The third kappa shape index (κ3) is 4.38. The Bertz CT molecular complexity index is 1310. The maximum atomic E-state index is 12.9. The second-order valence-corrected chi connectivity index (χ2v) is 8.16. The number of halogens is 1. The number of hydrogen-bond donors (Lipinski definition) is 1. The molecule has 1 aliphatic rings.